The zero-order valence-corrected chi connectivity index (χ0v) is 14.5. The molecule has 1 saturated heterocycles. The Hall–Kier alpha value is -1.02. The minimum atomic E-state index is -3.14. The van der Waals surface area contributed by atoms with Crippen molar-refractivity contribution in [3.63, 3.8) is 0 Å². The van der Waals surface area contributed by atoms with Gasteiger partial charge in [-0.1, -0.05) is 12.1 Å². The van der Waals surface area contributed by atoms with Gasteiger partial charge in [0.1, 0.15) is 5.82 Å². The summed E-state index contributed by atoms with van der Waals surface area (Å²) >= 11 is 0. The van der Waals surface area contributed by atoms with Gasteiger partial charge in [-0.3, -0.25) is 0 Å². The maximum Gasteiger partial charge on any atom is 0.211 e. The number of sulfonamides is 1. The molecular weight excluding hydrogens is 319 g/mol. The van der Waals surface area contributed by atoms with Crippen LogP contribution in [-0.2, 0) is 14.8 Å². The fraction of sp³-hybridized carbons (Fsp3) is 0.625. The predicted molar refractivity (Wildman–Crippen MR) is 88.2 cm³/mol. The first kappa shape index (κ1) is 18.3. The zero-order chi connectivity index (χ0) is 16.9. The third-order valence-corrected chi connectivity index (χ3v) is 5.69. The van der Waals surface area contributed by atoms with E-state index in [-0.39, 0.29) is 17.7 Å². The Morgan fingerprint density at radius 1 is 1.35 bits per heavy atom. The third-order valence-electron chi connectivity index (χ3n) is 4.29. The fourth-order valence-electron chi connectivity index (χ4n) is 2.75. The van der Waals surface area contributed by atoms with Gasteiger partial charge in [-0.2, -0.15) is 0 Å². The van der Waals surface area contributed by atoms with Gasteiger partial charge in [0.15, 0.2) is 0 Å². The Morgan fingerprint density at radius 3 is 2.70 bits per heavy atom. The summed E-state index contributed by atoms with van der Waals surface area (Å²) in [7, 11) is -1.14. The Morgan fingerprint density at radius 2 is 2.04 bits per heavy atom. The second kappa shape index (κ2) is 8.19. The van der Waals surface area contributed by atoms with Gasteiger partial charge in [0.2, 0.25) is 10.0 Å². The largest absolute Gasteiger partial charge is 0.373 e. The normalized spacial score (nSPS) is 22.4. The number of benzene rings is 1. The van der Waals surface area contributed by atoms with Crippen LogP contribution in [0.4, 0.5) is 4.39 Å². The van der Waals surface area contributed by atoms with E-state index in [1.807, 2.05) is 7.05 Å². The number of halogens is 1. The smallest absolute Gasteiger partial charge is 0.211 e. The SMILES string of the molecule is CCS(=O)(=O)NCCN(C)[C@H]1CCO[C@H](c2ccc(F)cc2)C1. The van der Waals surface area contributed by atoms with Crippen LogP contribution in [0.2, 0.25) is 0 Å². The lowest BCUT2D eigenvalue weighted by Crippen LogP contribution is -2.42. The van der Waals surface area contributed by atoms with Crippen LogP contribution in [0, 0.1) is 5.82 Å². The second-order valence-corrected chi connectivity index (χ2v) is 7.96. The Kier molecular flexibility index (Phi) is 6.52. The molecule has 130 valence electrons. The van der Waals surface area contributed by atoms with Crippen LogP contribution >= 0.6 is 0 Å². The lowest BCUT2D eigenvalue weighted by Gasteiger charge is -2.35. The van der Waals surface area contributed by atoms with Gasteiger partial charge in [0.05, 0.1) is 11.9 Å². The molecule has 1 N–H and O–H groups in total. The number of hydrogen-bond donors (Lipinski definition) is 1. The van der Waals surface area contributed by atoms with Crippen LogP contribution in [0.15, 0.2) is 24.3 Å². The molecule has 0 bridgehead atoms. The monoisotopic (exact) mass is 344 g/mol. The molecule has 0 spiro atoms. The molecule has 1 aromatic rings. The van der Waals surface area contributed by atoms with Gasteiger partial charge in [0, 0.05) is 25.7 Å². The quantitative estimate of drug-likeness (QED) is 0.821. The summed E-state index contributed by atoms with van der Waals surface area (Å²) in [5.74, 6) is -0.151. The first-order valence-corrected chi connectivity index (χ1v) is 9.61. The number of likely N-dealkylation sites (N-methyl/N-ethyl adjacent to an activating group) is 1. The number of hydrogen-bond acceptors (Lipinski definition) is 4. The first-order valence-electron chi connectivity index (χ1n) is 7.96. The van der Waals surface area contributed by atoms with Crippen molar-refractivity contribution in [3.05, 3.63) is 35.6 Å². The molecule has 2 rings (SSSR count). The van der Waals surface area contributed by atoms with Gasteiger partial charge >= 0.3 is 0 Å². The summed E-state index contributed by atoms with van der Waals surface area (Å²) in [5.41, 5.74) is 0.983. The summed E-state index contributed by atoms with van der Waals surface area (Å²) in [6.45, 7) is 3.33. The highest BCUT2D eigenvalue weighted by atomic mass is 32.2. The van der Waals surface area contributed by atoms with Crippen LogP contribution in [0.25, 0.3) is 0 Å². The van der Waals surface area contributed by atoms with Gasteiger partial charge in [-0.05, 0) is 44.5 Å². The maximum absolute atomic E-state index is 13.0. The molecule has 0 aliphatic carbocycles. The van der Waals surface area contributed by atoms with E-state index in [1.54, 1.807) is 19.1 Å². The van der Waals surface area contributed by atoms with Crippen LogP contribution < -0.4 is 4.72 Å². The zero-order valence-electron chi connectivity index (χ0n) is 13.7. The molecule has 1 heterocycles. The average Bonchev–Trinajstić information content (AvgIpc) is 2.55. The van der Waals surface area contributed by atoms with E-state index in [0.29, 0.717) is 25.7 Å². The van der Waals surface area contributed by atoms with Crippen molar-refractivity contribution in [1.82, 2.24) is 9.62 Å². The summed E-state index contributed by atoms with van der Waals surface area (Å²) < 4.78 is 44.3. The Labute approximate surface area is 137 Å². The molecule has 23 heavy (non-hydrogen) atoms. The van der Waals surface area contributed by atoms with E-state index in [2.05, 4.69) is 9.62 Å². The third kappa shape index (κ3) is 5.53. The number of rotatable bonds is 7. The molecule has 0 aromatic heterocycles. The molecule has 1 aromatic carbocycles. The number of nitrogens with zero attached hydrogens (tertiary/aromatic N) is 1. The van der Waals surface area contributed by atoms with E-state index < -0.39 is 10.0 Å². The Balaban J connectivity index is 1.86. The van der Waals surface area contributed by atoms with Crippen LogP contribution in [-0.4, -0.2) is 51.9 Å². The molecule has 0 amide bonds. The highest BCUT2D eigenvalue weighted by Gasteiger charge is 2.26. The van der Waals surface area contributed by atoms with Gasteiger partial charge < -0.3 is 9.64 Å². The molecule has 1 aliphatic heterocycles. The van der Waals surface area contributed by atoms with Crippen molar-refractivity contribution in [2.75, 3.05) is 32.5 Å². The van der Waals surface area contributed by atoms with E-state index in [4.69, 9.17) is 4.74 Å². The highest BCUT2D eigenvalue weighted by molar-refractivity contribution is 7.89. The summed E-state index contributed by atoms with van der Waals surface area (Å²) in [4.78, 5) is 2.16. The molecule has 0 radical (unpaired) electrons. The van der Waals surface area contributed by atoms with Crippen molar-refractivity contribution in [2.24, 2.45) is 0 Å². The van der Waals surface area contributed by atoms with Crippen molar-refractivity contribution in [3.8, 4) is 0 Å². The topological polar surface area (TPSA) is 58.6 Å². The van der Waals surface area contributed by atoms with Gasteiger partial charge in [-0.15, -0.1) is 0 Å². The van der Waals surface area contributed by atoms with Crippen molar-refractivity contribution in [1.29, 1.82) is 0 Å². The van der Waals surface area contributed by atoms with E-state index in [0.717, 1.165) is 18.4 Å². The number of nitrogens with one attached hydrogen (secondary N) is 1. The van der Waals surface area contributed by atoms with E-state index in [9.17, 15) is 12.8 Å². The van der Waals surface area contributed by atoms with Gasteiger partial charge in [0.25, 0.3) is 0 Å². The molecule has 0 unspecified atom stereocenters. The van der Waals surface area contributed by atoms with Crippen LogP contribution in [0.1, 0.15) is 31.4 Å². The number of ether oxygens (including phenoxy) is 1. The van der Waals surface area contributed by atoms with Crippen molar-refractivity contribution < 1.29 is 17.5 Å². The molecule has 5 nitrogen and oxygen atoms in total. The van der Waals surface area contributed by atoms with Crippen LogP contribution in [0.3, 0.4) is 0 Å². The lowest BCUT2D eigenvalue weighted by atomic mass is 9.96. The summed E-state index contributed by atoms with van der Waals surface area (Å²) in [6.07, 6.45) is 1.70. The van der Waals surface area contributed by atoms with E-state index in [1.165, 1.54) is 12.1 Å². The lowest BCUT2D eigenvalue weighted by molar-refractivity contribution is -0.0229. The molecule has 0 saturated carbocycles. The van der Waals surface area contributed by atoms with E-state index >= 15 is 0 Å². The minimum absolute atomic E-state index is 0.0378. The highest BCUT2D eigenvalue weighted by Crippen LogP contribution is 2.30. The standard InChI is InChI=1S/C16H25FN2O3S/c1-3-23(20,21)18-9-10-19(2)15-8-11-22-16(12-15)13-4-6-14(17)7-5-13/h4-7,15-16,18H,3,8-12H2,1-2H3/t15-,16-/m0/s1. The van der Waals surface area contributed by atoms with Crippen LogP contribution in [0.5, 0.6) is 0 Å². The average molecular weight is 344 g/mol. The maximum atomic E-state index is 13.0. The van der Waals surface area contributed by atoms with Gasteiger partial charge in [-0.25, -0.2) is 17.5 Å². The molecule has 7 heteroatoms. The Bertz CT molecular complexity index is 592. The summed E-state index contributed by atoms with van der Waals surface area (Å²) in [6, 6.07) is 6.75. The molecule has 1 fully saturated rings. The van der Waals surface area contributed by atoms with Crippen molar-refractivity contribution >= 4 is 10.0 Å². The minimum Gasteiger partial charge on any atom is -0.373 e. The first-order chi connectivity index (χ1) is 10.9. The molecule has 2 atom stereocenters. The molecular formula is C16H25FN2O3S. The summed E-state index contributed by atoms with van der Waals surface area (Å²) in [5, 5.41) is 0. The van der Waals surface area contributed by atoms with Crippen molar-refractivity contribution in [2.45, 2.75) is 31.9 Å². The molecule has 1 aliphatic rings. The second-order valence-electron chi connectivity index (χ2n) is 5.87. The predicted octanol–water partition coefficient (Wildman–Crippen LogP) is 1.92. The fourth-order valence-corrected chi connectivity index (χ4v) is 3.36.